The Bertz CT molecular complexity index is 542. The quantitative estimate of drug-likeness (QED) is 0.854. The monoisotopic (exact) mass is 278 g/mol. The zero-order valence-corrected chi connectivity index (χ0v) is 12.1. The maximum atomic E-state index is 4.54. The summed E-state index contributed by atoms with van der Waals surface area (Å²) in [5.74, 6) is 1.24. The number of thiazole rings is 1. The van der Waals surface area contributed by atoms with E-state index in [0.29, 0.717) is 5.92 Å². The van der Waals surface area contributed by atoms with Gasteiger partial charge in [-0.15, -0.1) is 11.3 Å². The Kier molecular flexibility index (Phi) is 3.46. The van der Waals surface area contributed by atoms with E-state index in [4.69, 9.17) is 0 Å². The molecule has 1 fully saturated rings. The number of hydrogen-bond donors (Lipinski definition) is 0. The minimum atomic E-state index is 0.337. The molecular formula is C12H18N6S. The number of anilines is 1. The van der Waals surface area contributed by atoms with Crippen molar-refractivity contribution in [2.24, 2.45) is 0 Å². The fourth-order valence-electron chi connectivity index (χ4n) is 2.40. The van der Waals surface area contributed by atoms with Gasteiger partial charge >= 0.3 is 0 Å². The zero-order valence-electron chi connectivity index (χ0n) is 11.3. The van der Waals surface area contributed by atoms with Gasteiger partial charge in [-0.05, 0) is 30.2 Å². The average Bonchev–Trinajstić information content (AvgIpc) is 3.07. The SMILES string of the molecule is Cc1csc(C(C)Cn2nnnc2N2CCCC2)n1. The Hall–Kier alpha value is -1.50. The summed E-state index contributed by atoms with van der Waals surface area (Å²) in [6.07, 6.45) is 2.46. The highest BCUT2D eigenvalue weighted by atomic mass is 32.1. The molecule has 1 atom stereocenters. The van der Waals surface area contributed by atoms with Crippen LogP contribution in [-0.4, -0.2) is 38.3 Å². The zero-order chi connectivity index (χ0) is 13.2. The largest absolute Gasteiger partial charge is 0.340 e. The topological polar surface area (TPSA) is 59.7 Å². The van der Waals surface area contributed by atoms with Crippen LogP contribution in [0.15, 0.2) is 5.38 Å². The first-order chi connectivity index (χ1) is 9.24. The number of hydrogen-bond acceptors (Lipinski definition) is 6. The number of tetrazole rings is 1. The van der Waals surface area contributed by atoms with Crippen molar-refractivity contribution >= 4 is 17.3 Å². The minimum absolute atomic E-state index is 0.337. The van der Waals surface area contributed by atoms with Crippen molar-refractivity contribution in [1.82, 2.24) is 25.2 Å². The van der Waals surface area contributed by atoms with Gasteiger partial charge < -0.3 is 4.90 Å². The number of nitrogens with zero attached hydrogens (tertiary/aromatic N) is 6. The number of rotatable bonds is 4. The fraction of sp³-hybridized carbons (Fsp3) is 0.667. The van der Waals surface area contributed by atoms with Gasteiger partial charge in [0.2, 0.25) is 5.95 Å². The summed E-state index contributed by atoms with van der Waals surface area (Å²) in [5, 5.41) is 15.4. The summed E-state index contributed by atoms with van der Waals surface area (Å²) in [4.78, 5) is 6.81. The molecule has 19 heavy (non-hydrogen) atoms. The third kappa shape index (κ3) is 2.60. The van der Waals surface area contributed by atoms with Gasteiger partial charge in [0.15, 0.2) is 0 Å². The Morgan fingerprint density at radius 2 is 2.16 bits per heavy atom. The second-order valence-electron chi connectivity index (χ2n) is 5.08. The highest BCUT2D eigenvalue weighted by Gasteiger charge is 2.20. The van der Waals surface area contributed by atoms with Gasteiger partial charge in [-0.3, -0.25) is 0 Å². The lowest BCUT2D eigenvalue weighted by molar-refractivity contribution is 0.523. The second kappa shape index (κ2) is 5.24. The molecule has 0 aromatic carbocycles. The van der Waals surface area contributed by atoms with Crippen LogP contribution in [0.2, 0.25) is 0 Å². The molecule has 3 heterocycles. The highest BCUT2D eigenvalue weighted by Crippen LogP contribution is 2.23. The fourth-order valence-corrected chi connectivity index (χ4v) is 3.25. The standard InChI is InChI=1S/C12H18N6S/c1-9(11-13-10(2)8-19-11)7-18-12(14-15-16-18)17-5-3-4-6-17/h8-9H,3-7H2,1-2H3. The van der Waals surface area contributed by atoms with E-state index in [9.17, 15) is 0 Å². The van der Waals surface area contributed by atoms with Crippen molar-refractivity contribution in [2.75, 3.05) is 18.0 Å². The predicted octanol–water partition coefficient (Wildman–Crippen LogP) is 1.84. The van der Waals surface area contributed by atoms with Crippen molar-refractivity contribution in [2.45, 2.75) is 39.2 Å². The Morgan fingerprint density at radius 1 is 1.37 bits per heavy atom. The molecule has 2 aromatic heterocycles. The molecule has 102 valence electrons. The van der Waals surface area contributed by atoms with E-state index in [-0.39, 0.29) is 0 Å². The van der Waals surface area contributed by atoms with Crippen LogP contribution in [0.1, 0.15) is 36.4 Å². The lowest BCUT2D eigenvalue weighted by Gasteiger charge is -2.17. The molecule has 0 N–H and O–H groups in total. The van der Waals surface area contributed by atoms with Crippen molar-refractivity contribution in [3.8, 4) is 0 Å². The molecule has 1 aliphatic rings. The smallest absolute Gasteiger partial charge is 0.245 e. The number of aryl methyl sites for hydroxylation is 1. The van der Waals surface area contributed by atoms with Crippen molar-refractivity contribution in [3.63, 3.8) is 0 Å². The maximum Gasteiger partial charge on any atom is 0.245 e. The molecular weight excluding hydrogens is 260 g/mol. The minimum Gasteiger partial charge on any atom is -0.340 e. The summed E-state index contributed by atoms with van der Waals surface area (Å²) in [7, 11) is 0. The molecule has 0 bridgehead atoms. The average molecular weight is 278 g/mol. The Balaban J connectivity index is 1.74. The van der Waals surface area contributed by atoms with Gasteiger partial charge in [-0.2, -0.15) is 0 Å². The summed E-state index contributed by atoms with van der Waals surface area (Å²) in [5.41, 5.74) is 1.09. The second-order valence-corrected chi connectivity index (χ2v) is 5.97. The number of aromatic nitrogens is 5. The van der Waals surface area contributed by atoms with E-state index in [1.54, 1.807) is 11.3 Å². The van der Waals surface area contributed by atoms with E-state index in [2.05, 4.69) is 37.7 Å². The Labute approximate surface area is 116 Å². The van der Waals surface area contributed by atoms with Crippen molar-refractivity contribution in [3.05, 3.63) is 16.1 Å². The highest BCUT2D eigenvalue weighted by molar-refractivity contribution is 7.09. The molecule has 0 saturated carbocycles. The van der Waals surface area contributed by atoms with Gasteiger partial charge in [-0.25, -0.2) is 9.67 Å². The summed E-state index contributed by atoms with van der Waals surface area (Å²) < 4.78 is 1.91. The maximum absolute atomic E-state index is 4.54. The van der Waals surface area contributed by atoms with Crippen LogP contribution in [-0.2, 0) is 6.54 Å². The van der Waals surface area contributed by atoms with E-state index in [1.807, 2.05) is 11.6 Å². The van der Waals surface area contributed by atoms with E-state index in [0.717, 1.165) is 36.3 Å². The van der Waals surface area contributed by atoms with Crippen LogP contribution < -0.4 is 4.90 Å². The van der Waals surface area contributed by atoms with Gasteiger partial charge in [0.1, 0.15) is 0 Å². The van der Waals surface area contributed by atoms with Crippen molar-refractivity contribution in [1.29, 1.82) is 0 Å². The summed E-state index contributed by atoms with van der Waals surface area (Å²) >= 11 is 1.71. The predicted molar refractivity (Wildman–Crippen MR) is 74.5 cm³/mol. The lowest BCUT2D eigenvalue weighted by Crippen LogP contribution is -2.23. The first-order valence-electron chi connectivity index (χ1n) is 6.67. The van der Waals surface area contributed by atoms with Gasteiger partial charge in [0, 0.05) is 30.1 Å². The van der Waals surface area contributed by atoms with Crippen LogP contribution >= 0.6 is 11.3 Å². The summed E-state index contributed by atoms with van der Waals surface area (Å²) in [6.45, 7) is 7.11. The molecule has 0 aliphatic carbocycles. The van der Waals surface area contributed by atoms with Crippen LogP contribution in [0.5, 0.6) is 0 Å². The van der Waals surface area contributed by atoms with E-state index < -0.39 is 0 Å². The van der Waals surface area contributed by atoms with Gasteiger partial charge in [-0.1, -0.05) is 12.0 Å². The van der Waals surface area contributed by atoms with Crippen LogP contribution in [0.25, 0.3) is 0 Å². The normalized spacial score (nSPS) is 17.1. The third-order valence-electron chi connectivity index (χ3n) is 3.41. The van der Waals surface area contributed by atoms with Crippen molar-refractivity contribution < 1.29 is 0 Å². The molecule has 6 nitrogen and oxygen atoms in total. The van der Waals surface area contributed by atoms with Gasteiger partial charge in [0.25, 0.3) is 0 Å². The molecule has 7 heteroatoms. The molecule has 0 amide bonds. The van der Waals surface area contributed by atoms with Crippen LogP contribution in [0.3, 0.4) is 0 Å². The van der Waals surface area contributed by atoms with E-state index in [1.165, 1.54) is 12.8 Å². The molecule has 2 aromatic rings. The van der Waals surface area contributed by atoms with E-state index >= 15 is 0 Å². The molecule has 1 unspecified atom stereocenters. The van der Waals surface area contributed by atoms with Crippen LogP contribution in [0, 0.1) is 6.92 Å². The molecule has 1 saturated heterocycles. The van der Waals surface area contributed by atoms with Gasteiger partial charge in [0.05, 0.1) is 11.6 Å². The molecule has 3 rings (SSSR count). The molecule has 1 aliphatic heterocycles. The first-order valence-corrected chi connectivity index (χ1v) is 7.55. The summed E-state index contributed by atoms with van der Waals surface area (Å²) in [6, 6.07) is 0. The lowest BCUT2D eigenvalue weighted by atomic mass is 10.2. The van der Waals surface area contributed by atoms with Crippen LogP contribution in [0.4, 0.5) is 5.95 Å². The first kappa shape index (κ1) is 12.5. The Morgan fingerprint density at radius 3 is 2.84 bits per heavy atom. The molecule has 0 radical (unpaired) electrons. The third-order valence-corrected chi connectivity index (χ3v) is 4.60. The molecule has 0 spiro atoms.